The Bertz CT molecular complexity index is 643. The SMILES string of the molecule is O=c1ccn([C@H]2C[C@H](OP(=O)([O-])[O-])[C@@H](CO)O2)c(=O)[nH]1.[Na+].[Na+]. The first-order valence-corrected chi connectivity index (χ1v) is 7.04. The minimum Gasteiger partial charge on any atom is -0.790 e. The van der Waals surface area contributed by atoms with Crippen LogP contribution in [0.25, 0.3) is 0 Å². The van der Waals surface area contributed by atoms with Gasteiger partial charge < -0.3 is 28.7 Å². The van der Waals surface area contributed by atoms with Crippen LogP contribution in [0.2, 0.25) is 0 Å². The van der Waals surface area contributed by atoms with Gasteiger partial charge in [0.1, 0.15) is 12.3 Å². The summed E-state index contributed by atoms with van der Waals surface area (Å²) in [5, 5.41) is 9.07. The van der Waals surface area contributed by atoms with Gasteiger partial charge in [-0.3, -0.25) is 14.3 Å². The van der Waals surface area contributed by atoms with Crippen molar-refractivity contribution in [1.29, 1.82) is 0 Å². The Morgan fingerprint density at radius 1 is 1.45 bits per heavy atom. The van der Waals surface area contributed by atoms with Crippen molar-refractivity contribution in [2.75, 3.05) is 6.61 Å². The van der Waals surface area contributed by atoms with Gasteiger partial charge in [-0.25, -0.2) is 4.79 Å². The summed E-state index contributed by atoms with van der Waals surface area (Å²) in [6, 6.07) is 1.08. The Morgan fingerprint density at radius 2 is 2.09 bits per heavy atom. The van der Waals surface area contributed by atoms with Crippen molar-refractivity contribution in [3.05, 3.63) is 33.1 Å². The molecular formula is C9H11N2Na2O8P. The second kappa shape index (κ2) is 9.26. The number of hydrogen-bond donors (Lipinski definition) is 2. The number of aliphatic hydroxyl groups is 1. The number of phosphoric acid groups is 1. The van der Waals surface area contributed by atoms with Crippen molar-refractivity contribution < 1.29 is 87.8 Å². The number of nitrogens with one attached hydrogen (secondary N) is 1. The van der Waals surface area contributed by atoms with Gasteiger partial charge in [-0.1, -0.05) is 0 Å². The predicted octanol–water partition coefficient (Wildman–Crippen LogP) is -8.96. The summed E-state index contributed by atoms with van der Waals surface area (Å²) in [5.41, 5.74) is -1.35. The standard InChI is InChI=1S/C9H13N2O8P.2Na/c12-4-6-5(19-20(15,16)17)3-8(18-6)11-2-1-7(13)10-9(11)14;;/h1-2,5-6,8,12H,3-4H2,(H,10,13,14)(H2,15,16,17);;/q;2*+1/p-2/t5-,6+,8+;;/m0../s1. The number of hydrogen-bond acceptors (Lipinski definition) is 8. The van der Waals surface area contributed by atoms with Gasteiger partial charge in [-0.2, -0.15) is 0 Å². The molecule has 0 aromatic carbocycles. The van der Waals surface area contributed by atoms with E-state index in [4.69, 9.17) is 9.84 Å². The van der Waals surface area contributed by atoms with Gasteiger partial charge in [0.2, 0.25) is 0 Å². The molecule has 3 atom stereocenters. The first kappa shape index (κ1) is 22.7. The summed E-state index contributed by atoms with van der Waals surface area (Å²) in [6.45, 7) is -0.584. The van der Waals surface area contributed by atoms with E-state index < -0.39 is 44.1 Å². The Balaban J connectivity index is 0.00000220. The average Bonchev–Trinajstić information content (AvgIpc) is 2.69. The second-order valence-electron chi connectivity index (χ2n) is 4.16. The molecule has 0 saturated carbocycles. The Kier molecular flexibility index (Phi) is 9.56. The first-order valence-electron chi connectivity index (χ1n) is 5.58. The van der Waals surface area contributed by atoms with Crippen molar-refractivity contribution in [2.45, 2.75) is 24.9 Å². The first-order chi connectivity index (χ1) is 9.30. The Morgan fingerprint density at radius 3 is 2.59 bits per heavy atom. The van der Waals surface area contributed by atoms with Crippen LogP contribution in [-0.2, 0) is 13.8 Å². The van der Waals surface area contributed by atoms with Crippen LogP contribution in [0, 0.1) is 0 Å². The number of aromatic amines is 1. The molecular weight excluding hydrogens is 341 g/mol. The summed E-state index contributed by atoms with van der Waals surface area (Å²) in [7, 11) is -5.24. The smallest absolute Gasteiger partial charge is 0.790 e. The van der Waals surface area contributed by atoms with Gasteiger partial charge >= 0.3 is 64.8 Å². The molecule has 1 saturated heterocycles. The fraction of sp³-hybridized carbons (Fsp3) is 0.556. The van der Waals surface area contributed by atoms with Crippen molar-refractivity contribution in [3.63, 3.8) is 0 Å². The van der Waals surface area contributed by atoms with E-state index in [0.29, 0.717) is 0 Å². The zero-order valence-electron chi connectivity index (χ0n) is 12.0. The maximum atomic E-state index is 11.6. The zero-order chi connectivity index (χ0) is 14.9. The minimum absolute atomic E-state index is 0. The van der Waals surface area contributed by atoms with Crippen LogP contribution in [0.4, 0.5) is 0 Å². The summed E-state index contributed by atoms with van der Waals surface area (Å²) in [5.74, 6) is 0. The third-order valence-corrected chi connectivity index (χ3v) is 3.32. The molecule has 112 valence electrons. The van der Waals surface area contributed by atoms with Crippen LogP contribution in [0.15, 0.2) is 21.9 Å². The fourth-order valence-corrected chi connectivity index (χ4v) is 2.52. The summed E-state index contributed by atoms with van der Waals surface area (Å²) < 4.78 is 21.1. The van der Waals surface area contributed by atoms with E-state index in [1.54, 1.807) is 0 Å². The minimum atomic E-state index is -5.24. The number of H-pyrrole nitrogens is 1. The normalized spacial score (nSPS) is 24.4. The quantitative estimate of drug-likeness (QED) is 0.399. The van der Waals surface area contributed by atoms with Crippen LogP contribution in [0.3, 0.4) is 0 Å². The molecule has 1 aromatic rings. The molecule has 2 rings (SSSR count). The molecule has 13 heteroatoms. The average molecular weight is 352 g/mol. The molecule has 0 aliphatic carbocycles. The van der Waals surface area contributed by atoms with Gasteiger partial charge in [0.25, 0.3) is 5.56 Å². The monoisotopic (exact) mass is 352 g/mol. The predicted molar refractivity (Wildman–Crippen MR) is 59.4 cm³/mol. The van der Waals surface area contributed by atoms with Crippen molar-refractivity contribution in [3.8, 4) is 0 Å². The van der Waals surface area contributed by atoms with E-state index in [2.05, 4.69) is 4.52 Å². The number of nitrogens with zero attached hydrogens (tertiary/aromatic N) is 1. The van der Waals surface area contributed by atoms with Gasteiger partial charge in [-0.15, -0.1) is 0 Å². The number of ether oxygens (including phenoxy) is 1. The number of aliphatic hydroxyl groups excluding tert-OH is 1. The summed E-state index contributed by atoms with van der Waals surface area (Å²) in [4.78, 5) is 45.7. The van der Waals surface area contributed by atoms with E-state index in [1.807, 2.05) is 4.98 Å². The van der Waals surface area contributed by atoms with E-state index in [1.165, 1.54) is 0 Å². The maximum absolute atomic E-state index is 11.6. The van der Waals surface area contributed by atoms with Gasteiger partial charge in [0.05, 0.1) is 20.5 Å². The van der Waals surface area contributed by atoms with Gasteiger partial charge in [-0.05, 0) is 0 Å². The molecule has 0 amide bonds. The third-order valence-electron chi connectivity index (χ3n) is 2.79. The molecule has 1 fully saturated rings. The summed E-state index contributed by atoms with van der Waals surface area (Å²) in [6.07, 6.45) is -2.17. The molecule has 0 unspecified atom stereocenters. The fourth-order valence-electron chi connectivity index (χ4n) is 1.97. The van der Waals surface area contributed by atoms with E-state index in [0.717, 1.165) is 16.8 Å². The number of phosphoric ester groups is 1. The molecule has 0 spiro atoms. The van der Waals surface area contributed by atoms with E-state index in [9.17, 15) is 23.9 Å². The molecule has 1 aliphatic rings. The molecule has 0 radical (unpaired) electrons. The second-order valence-corrected chi connectivity index (χ2v) is 5.26. The van der Waals surface area contributed by atoms with Crippen molar-refractivity contribution in [2.24, 2.45) is 0 Å². The molecule has 22 heavy (non-hydrogen) atoms. The Hall–Kier alpha value is 0.710. The maximum Gasteiger partial charge on any atom is 1.00 e. The van der Waals surface area contributed by atoms with Crippen LogP contribution in [0.1, 0.15) is 12.6 Å². The van der Waals surface area contributed by atoms with Gasteiger partial charge in [0.15, 0.2) is 0 Å². The molecule has 2 N–H and O–H groups in total. The van der Waals surface area contributed by atoms with Crippen molar-refractivity contribution in [1.82, 2.24) is 9.55 Å². The van der Waals surface area contributed by atoms with Crippen LogP contribution in [0.5, 0.6) is 0 Å². The molecule has 0 bridgehead atoms. The third kappa shape index (κ3) is 5.97. The summed E-state index contributed by atoms with van der Waals surface area (Å²) >= 11 is 0. The largest absolute Gasteiger partial charge is 1.00 e. The van der Waals surface area contributed by atoms with Crippen LogP contribution >= 0.6 is 7.82 Å². The number of aromatic nitrogens is 2. The number of rotatable bonds is 4. The molecule has 2 heterocycles. The van der Waals surface area contributed by atoms with Crippen LogP contribution in [-0.4, -0.2) is 33.5 Å². The van der Waals surface area contributed by atoms with E-state index >= 15 is 0 Å². The Labute approximate surface area is 168 Å². The van der Waals surface area contributed by atoms with Gasteiger partial charge in [0, 0.05) is 18.7 Å². The van der Waals surface area contributed by atoms with Crippen molar-refractivity contribution >= 4 is 7.82 Å². The molecule has 10 nitrogen and oxygen atoms in total. The zero-order valence-corrected chi connectivity index (χ0v) is 16.9. The molecule has 1 aromatic heterocycles. The van der Waals surface area contributed by atoms with Crippen LogP contribution < -0.4 is 80.2 Å². The van der Waals surface area contributed by atoms with E-state index in [-0.39, 0.29) is 65.5 Å². The molecule has 1 aliphatic heterocycles. The topological polar surface area (TPSA) is 157 Å².